The molecule has 120 valence electrons. The number of amides is 1. The highest BCUT2D eigenvalue weighted by Crippen LogP contribution is 2.33. The van der Waals surface area contributed by atoms with Crippen LogP contribution in [0.5, 0.6) is 5.75 Å². The van der Waals surface area contributed by atoms with Crippen LogP contribution >= 0.6 is 11.6 Å². The van der Waals surface area contributed by atoms with E-state index in [0.717, 1.165) is 38.8 Å². The summed E-state index contributed by atoms with van der Waals surface area (Å²) < 4.78 is 5.62. The number of halogens is 1. The first-order valence-electron chi connectivity index (χ1n) is 8.02. The number of fused-ring (bicyclic) bond motifs is 1. The van der Waals surface area contributed by atoms with Crippen LogP contribution in [0, 0.1) is 0 Å². The second-order valence-corrected chi connectivity index (χ2v) is 6.82. The lowest BCUT2D eigenvalue weighted by atomic mass is 9.78. The molecule has 0 bridgehead atoms. The van der Waals surface area contributed by atoms with E-state index in [0.29, 0.717) is 10.8 Å². The molecule has 1 N–H and O–H groups in total. The fraction of sp³-hybridized carbons (Fsp3) is 0.588. The van der Waals surface area contributed by atoms with E-state index < -0.39 is 0 Å². The molecule has 4 nitrogen and oxygen atoms in total. The van der Waals surface area contributed by atoms with Crippen LogP contribution in [-0.4, -0.2) is 42.1 Å². The number of carbonyl (C=O) groups excluding carboxylic acids is 1. The molecule has 0 saturated carbocycles. The van der Waals surface area contributed by atoms with Crippen LogP contribution in [0.15, 0.2) is 24.3 Å². The van der Waals surface area contributed by atoms with Crippen LogP contribution < -0.4 is 10.1 Å². The Bertz CT molecular complexity index is 547. The van der Waals surface area contributed by atoms with Gasteiger partial charge in [0, 0.05) is 18.1 Å². The summed E-state index contributed by atoms with van der Waals surface area (Å²) in [5.41, 5.74) is 0.0521. The van der Waals surface area contributed by atoms with Gasteiger partial charge in [0.2, 0.25) is 0 Å². The molecule has 1 aromatic carbocycles. The zero-order valence-electron chi connectivity index (χ0n) is 13.0. The Morgan fingerprint density at radius 3 is 3.09 bits per heavy atom. The number of ether oxygens (including phenoxy) is 1. The molecule has 5 heteroatoms. The molecule has 1 aromatic rings. The van der Waals surface area contributed by atoms with Crippen molar-refractivity contribution >= 4 is 17.5 Å². The highest BCUT2D eigenvalue weighted by molar-refractivity contribution is 6.32. The average Bonchev–Trinajstić information content (AvgIpc) is 2.52. The molecule has 2 atom stereocenters. The lowest BCUT2D eigenvalue weighted by Gasteiger charge is -2.51. The zero-order chi connectivity index (χ0) is 15.6. The Morgan fingerprint density at radius 1 is 1.45 bits per heavy atom. The molecule has 1 amide bonds. The number of benzene rings is 1. The molecular weight excluding hydrogens is 300 g/mol. The van der Waals surface area contributed by atoms with Gasteiger partial charge in [-0.1, -0.05) is 23.7 Å². The SMILES string of the molecule is C[C@]12CCCN(C(=O)COc3ccccc3Cl)[C@@H]1CCCN2. The number of rotatable bonds is 3. The maximum absolute atomic E-state index is 12.6. The molecule has 0 spiro atoms. The van der Waals surface area contributed by atoms with Crippen LogP contribution in [0.1, 0.15) is 32.6 Å². The molecule has 0 unspecified atom stereocenters. The summed E-state index contributed by atoms with van der Waals surface area (Å²) in [7, 11) is 0. The molecule has 2 heterocycles. The first kappa shape index (κ1) is 15.6. The highest BCUT2D eigenvalue weighted by Gasteiger charge is 2.44. The summed E-state index contributed by atoms with van der Waals surface area (Å²) in [5, 5.41) is 4.15. The molecule has 2 fully saturated rings. The van der Waals surface area contributed by atoms with Crippen LogP contribution in [0.25, 0.3) is 0 Å². The average molecular weight is 323 g/mol. The van der Waals surface area contributed by atoms with Gasteiger partial charge in [0.15, 0.2) is 6.61 Å². The first-order chi connectivity index (χ1) is 10.6. The lowest BCUT2D eigenvalue weighted by Crippen LogP contribution is -2.66. The number of nitrogens with one attached hydrogen (secondary N) is 1. The number of piperidine rings is 2. The molecule has 3 rings (SSSR count). The minimum Gasteiger partial charge on any atom is -0.482 e. The Balaban J connectivity index is 1.65. The van der Waals surface area contributed by atoms with Crippen molar-refractivity contribution in [3.05, 3.63) is 29.3 Å². The summed E-state index contributed by atoms with van der Waals surface area (Å²) in [6, 6.07) is 7.54. The van der Waals surface area contributed by atoms with Crippen molar-refractivity contribution in [1.82, 2.24) is 10.2 Å². The molecule has 22 heavy (non-hydrogen) atoms. The standard InChI is InChI=1S/C17H23ClN2O2/c1-17-9-5-11-20(15(17)8-4-10-19-17)16(21)12-22-14-7-3-2-6-13(14)18/h2-3,6-7,15,19H,4-5,8-12H2,1H3/t15-,17+/m1/s1. The fourth-order valence-electron chi connectivity index (χ4n) is 3.72. The number of hydrogen-bond donors (Lipinski definition) is 1. The van der Waals surface area contributed by atoms with E-state index in [9.17, 15) is 4.79 Å². The van der Waals surface area contributed by atoms with Crippen molar-refractivity contribution in [3.63, 3.8) is 0 Å². The predicted molar refractivity (Wildman–Crippen MR) is 87.3 cm³/mol. The second-order valence-electron chi connectivity index (χ2n) is 6.41. The zero-order valence-corrected chi connectivity index (χ0v) is 13.7. The van der Waals surface area contributed by atoms with Gasteiger partial charge < -0.3 is 15.0 Å². The topological polar surface area (TPSA) is 41.6 Å². The number of nitrogens with zero attached hydrogens (tertiary/aromatic N) is 1. The maximum atomic E-state index is 12.6. The van der Waals surface area contributed by atoms with Crippen LogP contribution in [0.3, 0.4) is 0 Å². The van der Waals surface area contributed by atoms with Gasteiger partial charge in [0.1, 0.15) is 5.75 Å². The van der Waals surface area contributed by atoms with Crippen molar-refractivity contribution in [1.29, 1.82) is 0 Å². The van der Waals surface area contributed by atoms with E-state index in [1.165, 1.54) is 0 Å². The largest absolute Gasteiger partial charge is 0.482 e. The molecule has 0 aliphatic carbocycles. The second kappa shape index (κ2) is 6.47. The minimum atomic E-state index is 0.0519. The summed E-state index contributed by atoms with van der Waals surface area (Å²) in [5.74, 6) is 0.624. The maximum Gasteiger partial charge on any atom is 0.260 e. The van der Waals surface area contributed by atoms with Gasteiger partial charge in [-0.2, -0.15) is 0 Å². The van der Waals surface area contributed by atoms with Crippen LogP contribution in [0.4, 0.5) is 0 Å². The van der Waals surface area contributed by atoms with Gasteiger partial charge >= 0.3 is 0 Å². The molecule has 2 aliphatic rings. The third kappa shape index (κ3) is 3.08. The monoisotopic (exact) mass is 322 g/mol. The lowest BCUT2D eigenvalue weighted by molar-refractivity contribution is -0.140. The number of para-hydroxylation sites is 1. The quantitative estimate of drug-likeness (QED) is 0.930. The van der Waals surface area contributed by atoms with Crippen molar-refractivity contribution in [2.24, 2.45) is 0 Å². The third-order valence-corrected chi connectivity index (χ3v) is 5.21. The molecule has 2 aliphatic heterocycles. The first-order valence-corrected chi connectivity index (χ1v) is 8.40. The Hall–Kier alpha value is -1.26. The van der Waals surface area contributed by atoms with E-state index >= 15 is 0 Å². The minimum absolute atomic E-state index is 0.0519. The van der Waals surface area contributed by atoms with Crippen molar-refractivity contribution < 1.29 is 9.53 Å². The van der Waals surface area contributed by atoms with Crippen molar-refractivity contribution in [2.75, 3.05) is 19.7 Å². The van der Waals surface area contributed by atoms with Gasteiger partial charge in [-0.3, -0.25) is 4.79 Å². The number of hydrogen-bond acceptors (Lipinski definition) is 3. The summed E-state index contributed by atoms with van der Waals surface area (Å²) >= 11 is 6.07. The molecule has 2 saturated heterocycles. The Labute approximate surface area is 136 Å². The highest BCUT2D eigenvalue weighted by atomic mass is 35.5. The predicted octanol–water partition coefficient (Wildman–Crippen LogP) is 2.85. The number of likely N-dealkylation sites (tertiary alicyclic amines) is 1. The molecule has 0 radical (unpaired) electrons. The third-order valence-electron chi connectivity index (χ3n) is 4.90. The Kier molecular flexibility index (Phi) is 4.59. The summed E-state index contributed by atoms with van der Waals surface area (Å²) in [6.45, 7) is 4.17. The Morgan fingerprint density at radius 2 is 2.27 bits per heavy atom. The smallest absolute Gasteiger partial charge is 0.260 e. The molecule has 0 aromatic heterocycles. The van der Waals surface area contributed by atoms with E-state index in [2.05, 4.69) is 12.2 Å². The number of carbonyl (C=O) groups is 1. The van der Waals surface area contributed by atoms with Gasteiger partial charge in [0.25, 0.3) is 5.91 Å². The van der Waals surface area contributed by atoms with Gasteiger partial charge in [-0.15, -0.1) is 0 Å². The van der Waals surface area contributed by atoms with Crippen molar-refractivity contribution in [3.8, 4) is 5.75 Å². The van der Waals surface area contributed by atoms with Gasteiger partial charge in [0.05, 0.1) is 5.02 Å². The van der Waals surface area contributed by atoms with Gasteiger partial charge in [-0.25, -0.2) is 0 Å². The van der Waals surface area contributed by atoms with Crippen LogP contribution in [-0.2, 0) is 4.79 Å². The van der Waals surface area contributed by atoms with E-state index in [-0.39, 0.29) is 24.1 Å². The normalized spacial score (nSPS) is 28.1. The van der Waals surface area contributed by atoms with Crippen molar-refractivity contribution in [2.45, 2.75) is 44.2 Å². The fourth-order valence-corrected chi connectivity index (χ4v) is 3.91. The summed E-state index contributed by atoms with van der Waals surface area (Å²) in [6.07, 6.45) is 4.36. The van der Waals surface area contributed by atoms with E-state index in [1.54, 1.807) is 12.1 Å². The van der Waals surface area contributed by atoms with Crippen LogP contribution in [0.2, 0.25) is 5.02 Å². The summed E-state index contributed by atoms with van der Waals surface area (Å²) in [4.78, 5) is 14.6. The van der Waals surface area contributed by atoms with Gasteiger partial charge in [-0.05, 0) is 51.3 Å². The van der Waals surface area contributed by atoms with E-state index in [1.807, 2.05) is 17.0 Å². The molecular formula is C17H23ClN2O2. The van der Waals surface area contributed by atoms with E-state index in [4.69, 9.17) is 16.3 Å².